The summed E-state index contributed by atoms with van der Waals surface area (Å²) in [5.41, 5.74) is 1.88. The lowest BCUT2D eigenvalue weighted by molar-refractivity contribution is 0.0989. The molecule has 0 saturated heterocycles. The van der Waals surface area contributed by atoms with E-state index >= 15 is 0 Å². The maximum atomic E-state index is 11.7. The highest BCUT2D eigenvalue weighted by atomic mass is 16.4. The van der Waals surface area contributed by atoms with Gasteiger partial charge >= 0.3 is 11.8 Å². The Hall–Kier alpha value is -2.17. The van der Waals surface area contributed by atoms with Gasteiger partial charge in [-0.05, 0) is 24.1 Å². The van der Waals surface area contributed by atoms with Crippen molar-refractivity contribution in [3.05, 3.63) is 41.6 Å². The molecule has 17 heavy (non-hydrogen) atoms. The second-order valence-corrected chi connectivity index (χ2v) is 3.63. The molecule has 1 heterocycles. The molecule has 1 N–H and O–H groups in total. The molecule has 1 amide bonds. The SMILES string of the molecule is CCc1cccc(NC(=O)c2nnc(C)o2)c1. The van der Waals surface area contributed by atoms with Crippen LogP contribution in [0.5, 0.6) is 0 Å². The Bertz CT molecular complexity index is 534. The van der Waals surface area contributed by atoms with Gasteiger partial charge in [0.2, 0.25) is 5.89 Å². The lowest BCUT2D eigenvalue weighted by Crippen LogP contribution is -2.12. The second kappa shape index (κ2) is 4.78. The van der Waals surface area contributed by atoms with E-state index in [-0.39, 0.29) is 11.8 Å². The maximum absolute atomic E-state index is 11.7. The Balaban J connectivity index is 2.12. The van der Waals surface area contributed by atoms with Crippen LogP contribution in [0.4, 0.5) is 5.69 Å². The van der Waals surface area contributed by atoms with Gasteiger partial charge in [-0.25, -0.2) is 0 Å². The first-order chi connectivity index (χ1) is 8.19. The van der Waals surface area contributed by atoms with Gasteiger partial charge in [-0.1, -0.05) is 19.1 Å². The number of benzene rings is 1. The van der Waals surface area contributed by atoms with Crippen LogP contribution in [-0.4, -0.2) is 16.1 Å². The Morgan fingerprint density at radius 3 is 2.88 bits per heavy atom. The fraction of sp³-hybridized carbons (Fsp3) is 0.250. The summed E-state index contributed by atoms with van der Waals surface area (Å²) >= 11 is 0. The fourth-order valence-electron chi connectivity index (χ4n) is 1.44. The minimum absolute atomic E-state index is 0.0237. The van der Waals surface area contributed by atoms with E-state index in [1.54, 1.807) is 6.92 Å². The number of carbonyl (C=O) groups excluding carboxylic acids is 1. The van der Waals surface area contributed by atoms with Crippen molar-refractivity contribution in [2.24, 2.45) is 0 Å². The Kier molecular flexibility index (Phi) is 3.18. The van der Waals surface area contributed by atoms with Gasteiger partial charge in [-0.15, -0.1) is 10.2 Å². The zero-order chi connectivity index (χ0) is 12.3. The highest BCUT2D eigenvalue weighted by Gasteiger charge is 2.13. The van der Waals surface area contributed by atoms with E-state index in [0.29, 0.717) is 5.89 Å². The average Bonchev–Trinajstić information content (AvgIpc) is 2.76. The first kappa shape index (κ1) is 11.3. The van der Waals surface area contributed by atoms with E-state index in [2.05, 4.69) is 22.4 Å². The van der Waals surface area contributed by atoms with Gasteiger partial charge in [0, 0.05) is 12.6 Å². The van der Waals surface area contributed by atoms with Crippen molar-refractivity contribution >= 4 is 11.6 Å². The molecule has 0 aliphatic rings. The quantitative estimate of drug-likeness (QED) is 0.879. The van der Waals surface area contributed by atoms with Crippen LogP contribution in [0.1, 0.15) is 29.1 Å². The summed E-state index contributed by atoms with van der Waals surface area (Å²) in [6.45, 7) is 3.70. The van der Waals surface area contributed by atoms with Gasteiger partial charge in [0.1, 0.15) is 0 Å². The standard InChI is InChI=1S/C12H13N3O2/c1-3-9-5-4-6-10(7-9)13-11(16)12-15-14-8(2)17-12/h4-7H,3H2,1-2H3,(H,13,16). The number of hydrogen-bond donors (Lipinski definition) is 1. The smallest absolute Gasteiger partial charge is 0.313 e. The summed E-state index contributed by atoms with van der Waals surface area (Å²) < 4.78 is 5.04. The third kappa shape index (κ3) is 2.69. The Labute approximate surface area is 98.9 Å². The summed E-state index contributed by atoms with van der Waals surface area (Å²) in [6, 6.07) is 7.64. The second-order valence-electron chi connectivity index (χ2n) is 3.63. The van der Waals surface area contributed by atoms with Gasteiger partial charge in [-0.2, -0.15) is 0 Å². The van der Waals surface area contributed by atoms with E-state index in [0.717, 1.165) is 17.7 Å². The van der Waals surface area contributed by atoms with Crippen molar-refractivity contribution in [3.63, 3.8) is 0 Å². The normalized spacial score (nSPS) is 10.2. The van der Waals surface area contributed by atoms with E-state index in [4.69, 9.17) is 4.42 Å². The van der Waals surface area contributed by atoms with E-state index < -0.39 is 0 Å². The molecule has 2 rings (SSSR count). The molecule has 0 bridgehead atoms. The van der Waals surface area contributed by atoms with Crippen LogP contribution in [0.25, 0.3) is 0 Å². The minimum atomic E-state index is -0.390. The molecule has 88 valence electrons. The molecule has 0 aliphatic heterocycles. The summed E-state index contributed by atoms with van der Waals surface area (Å²) in [5.74, 6) is -0.0410. The third-order valence-electron chi connectivity index (χ3n) is 2.31. The molecule has 5 nitrogen and oxygen atoms in total. The number of nitrogens with one attached hydrogen (secondary N) is 1. The molecular formula is C12H13N3O2. The lowest BCUT2D eigenvalue weighted by Gasteiger charge is -2.03. The van der Waals surface area contributed by atoms with Crippen LogP contribution in [0, 0.1) is 6.92 Å². The molecule has 0 saturated carbocycles. The zero-order valence-corrected chi connectivity index (χ0v) is 9.73. The van der Waals surface area contributed by atoms with E-state index in [9.17, 15) is 4.79 Å². The van der Waals surface area contributed by atoms with Crippen LogP contribution in [0.2, 0.25) is 0 Å². The number of amides is 1. The number of hydrogen-bond acceptors (Lipinski definition) is 4. The fourth-order valence-corrected chi connectivity index (χ4v) is 1.44. The topological polar surface area (TPSA) is 68.0 Å². The molecule has 5 heteroatoms. The van der Waals surface area contributed by atoms with E-state index in [1.807, 2.05) is 24.3 Å². The van der Waals surface area contributed by atoms with Gasteiger partial charge in [0.05, 0.1) is 0 Å². The summed E-state index contributed by atoms with van der Waals surface area (Å²) in [5, 5.41) is 9.97. The summed E-state index contributed by atoms with van der Waals surface area (Å²) in [7, 11) is 0. The van der Waals surface area contributed by atoms with Crippen molar-refractivity contribution in [2.45, 2.75) is 20.3 Å². The molecular weight excluding hydrogens is 218 g/mol. The van der Waals surface area contributed by atoms with Gasteiger partial charge < -0.3 is 9.73 Å². The Morgan fingerprint density at radius 1 is 1.41 bits per heavy atom. The zero-order valence-electron chi connectivity index (χ0n) is 9.73. The molecule has 1 aromatic heterocycles. The summed E-state index contributed by atoms with van der Waals surface area (Å²) in [4.78, 5) is 11.7. The first-order valence-corrected chi connectivity index (χ1v) is 5.39. The predicted octanol–water partition coefficient (Wildman–Crippen LogP) is 2.19. The van der Waals surface area contributed by atoms with Crippen LogP contribution in [-0.2, 0) is 6.42 Å². The van der Waals surface area contributed by atoms with Gasteiger partial charge in [-0.3, -0.25) is 4.79 Å². The summed E-state index contributed by atoms with van der Waals surface area (Å²) in [6.07, 6.45) is 0.920. The van der Waals surface area contributed by atoms with Crippen molar-refractivity contribution < 1.29 is 9.21 Å². The van der Waals surface area contributed by atoms with Crippen molar-refractivity contribution in [2.75, 3.05) is 5.32 Å². The molecule has 0 spiro atoms. The van der Waals surface area contributed by atoms with Gasteiger partial charge in [0.25, 0.3) is 0 Å². The largest absolute Gasteiger partial charge is 0.417 e. The molecule has 1 aromatic carbocycles. The molecule has 0 radical (unpaired) electrons. The highest BCUT2D eigenvalue weighted by molar-refractivity contribution is 6.00. The average molecular weight is 231 g/mol. The Morgan fingerprint density at radius 2 is 2.24 bits per heavy atom. The molecule has 0 aliphatic carbocycles. The predicted molar refractivity (Wildman–Crippen MR) is 62.8 cm³/mol. The lowest BCUT2D eigenvalue weighted by atomic mass is 10.1. The highest BCUT2D eigenvalue weighted by Crippen LogP contribution is 2.12. The number of rotatable bonds is 3. The van der Waals surface area contributed by atoms with Crippen LogP contribution < -0.4 is 5.32 Å². The molecule has 0 unspecified atom stereocenters. The van der Waals surface area contributed by atoms with Crippen LogP contribution in [0.15, 0.2) is 28.7 Å². The number of nitrogens with zero attached hydrogens (tertiary/aromatic N) is 2. The minimum Gasteiger partial charge on any atom is -0.417 e. The van der Waals surface area contributed by atoms with Crippen molar-refractivity contribution in [1.29, 1.82) is 0 Å². The number of anilines is 1. The molecule has 0 fully saturated rings. The van der Waals surface area contributed by atoms with Crippen LogP contribution in [0.3, 0.4) is 0 Å². The maximum Gasteiger partial charge on any atom is 0.313 e. The number of aryl methyl sites for hydroxylation is 2. The molecule has 2 aromatic rings. The number of aromatic nitrogens is 2. The van der Waals surface area contributed by atoms with E-state index in [1.165, 1.54) is 0 Å². The third-order valence-corrected chi connectivity index (χ3v) is 2.31. The van der Waals surface area contributed by atoms with Crippen LogP contribution >= 0.6 is 0 Å². The van der Waals surface area contributed by atoms with Crippen molar-refractivity contribution in [1.82, 2.24) is 10.2 Å². The number of carbonyl (C=O) groups is 1. The van der Waals surface area contributed by atoms with Crippen molar-refractivity contribution in [3.8, 4) is 0 Å². The first-order valence-electron chi connectivity index (χ1n) is 5.39. The monoisotopic (exact) mass is 231 g/mol. The van der Waals surface area contributed by atoms with Gasteiger partial charge in [0.15, 0.2) is 0 Å². The molecule has 0 atom stereocenters.